The SMILES string of the molecule is Nc1c(O)ccc2c1CCC(O)(C(F)(F)F)C2. The second-order valence-electron chi connectivity index (χ2n) is 4.34. The molecule has 1 aliphatic rings. The van der Waals surface area contributed by atoms with Gasteiger partial charge in [-0.25, -0.2) is 0 Å². The Balaban J connectivity index is 2.42. The molecule has 0 aromatic heterocycles. The second kappa shape index (κ2) is 3.53. The van der Waals surface area contributed by atoms with Gasteiger partial charge in [0, 0.05) is 6.42 Å². The van der Waals surface area contributed by atoms with E-state index in [0.29, 0.717) is 11.1 Å². The van der Waals surface area contributed by atoms with Gasteiger partial charge < -0.3 is 15.9 Å². The first-order valence-corrected chi connectivity index (χ1v) is 5.13. The number of nitrogens with two attached hydrogens (primary N) is 1. The Morgan fingerprint density at radius 3 is 2.53 bits per heavy atom. The van der Waals surface area contributed by atoms with E-state index in [2.05, 4.69) is 0 Å². The minimum Gasteiger partial charge on any atom is -0.506 e. The number of nitrogen functional groups attached to an aromatic ring is 1. The van der Waals surface area contributed by atoms with Gasteiger partial charge in [-0.2, -0.15) is 13.2 Å². The van der Waals surface area contributed by atoms with Crippen molar-refractivity contribution in [3.63, 3.8) is 0 Å². The molecule has 1 unspecified atom stereocenters. The van der Waals surface area contributed by atoms with Crippen LogP contribution in [0.1, 0.15) is 17.5 Å². The second-order valence-corrected chi connectivity index (χ2v) is 4.34. The lowest BCUT2D eigenvalue weighted by Gasteiger charge is -2.35. The molecule has 0 saturated heterocycles. The van der Waals surface area contributed by atoms with Crippen LogP contribution in [0.4, 0.5) is 18.9 Å². The number of anilines is 1. The third-order valence-electron chi connectivity index (χ3n) is 3.23. The largest absolute Gasteiger partial charge is 0.506 e. The molecule has 4 N–H and O–H groups in total. The van der Waals surface area contributed by atoms with Gasteiger partial charge in [0.05, 0.1) is 5.69 Å². The Kier molecular flexibility index (Phi) is 2.50. The predicted molar refractivity (Wildman–Crippen MR) is 55.5 cm³/mol. The van der Waals surface area contributed by atoms with Gasteiger partial charge in [0.1, 0.15) is 5.75 Å². The Morgan fingerprint density at radius 1 is 1.29 bits per heavy atom. The Labute approximate surface area is 95.7 Å². The summed E-state index contributed by atoms with van der Waals surface area (Å²) in [7, 11) is 0. The minimum absolute atomic E-state index is 0.00553. The molecule has 0 amide bonds. The molecule has 0 spiro atoms. The first kappa shape index (κ1) is 12.0. The minimum atomic E-state index is -4.66. The quantitative estimate of drug-likeness (QED) is 0.483. The van der Waals surface area contributed by atoms with E-state index in [1.54, 1.807) is 0 Å². The average Bonchev–Trinajstić information content (AvgIpc) is 2.22. The zero-order valence-corrected chi connectivity index (χ0v) is 8.88. The number of halogens is 3. The van der Waals surface area contributed by atoms with E-state index in [-0.39, 0.29) is 17.9 Å². The van der Waals surface area contributed by atoms with Gasteiger partial charge in [-0.15, -0.1) is 0 Å². The van der Waals surface area contributed by atoms with Crippen LogP contribution in [0.3, 0.4) is 0 Å². The summed E-state index contributed by atoms with van der Waals surface area (Å²) in [6.07, 6.45) is -5.60. The monoisotopic (exact) mass is 247 g/mol. The smallest absolute Gasteiger partial charge is 0.417 e. The number of rotatable bonds is 0. The molecule has 0 fully saturated rings. The van der Waals surface area contributed by atoms with E-state index in [9.17, 15) is 23.4 Å². The Bertz CT molecular complexity index is 459. The molecular formula is C11H12F3NO2. The molecule has 1 aliphatic carbocycles. The summed E-state index contributed by atoms with van der Waals surface area (Å²) < 4.78 is 38.0. The van der Waals surface area contributed by atoms with Crippen LogP contribution in [0.5, 0.6) is 5.75 Å². The van der Waals surface area contributed by atoms with Crippen molar-refractivity contribution in [2.24, 2.45) is 0 Å². The first-order chi connectivity index (χ1) is 7.74. The number of hydrogen-bond donors (Lipinski definition) is 3. The fraction of sp³-hybridized carbons (Fsp3) is 0.455. The molecule has 94 valence electrons. The van der Waals surface area contributed by atoms with Crippen LogP contribution in [0.25, 0.3) is 0 Å². The lowest BCUT2D eigenvalue weighted by atomic mass is 9.79. The molecule has 0 heterocycles. The van der Waals surface area contributed by atoms with Gasteiger partial charge in [0.25, 0.3) is 0 Å². The molecule has 0 radical (unpaired) electrons. The van der Waals surface area contributed by atoms with Crippen LogP contribution in [-0.4, -0.2) is 22.0 Å². The summed E-state index contributed by atoms with van der Waals surface area (Å²) >= 11 is 0. The molecule has 1 aromatic rings. The van der Waals surface area contributed by atoms with E-state index in [0.717, 1.165) is 0 Å². The molecule has 1 aromatic carbocycles. The van der Waals surface area contributed by atoms with E-state index in [1.807, 2.05) is 0 Å². The van der Waals surface area contributed by atoms with Crippen molar-refractivity contribution < 1.29 is 23.4 Å². The molecule has 0 bridgehead atoms. The van der Waals surface area contributed by atoms with E-state index >= 15 is 0 Å². The van der Waals surface area contributed by atoms with Gasteiger partial charge in [-0.3, -0.25) is 0 Å². The highest BCUT2D eigenvalue weighted by atomic mass is 19.4. The number of aromatic hydroxyl groups is 1. The molecule has 3 nitrogen and oxygen atoms in total. The lowest BCUT2D eigenvalue weighted by molar-refractivity contribution is -0.263. The van der Waals surface area contributed by atoms with E-state index in [4.69, 9.17) is 5.73 Å². The lowest BCUT2D eigenvalue weighted by Crippen LogP contribution is -2.49. The number of phenolic OH excluding ortho intramolecular Hbond substituents is 1. The summed E-state index contributed by atoms with van der Waals surface area (Å²) in [6.45, 7) is 0. The molecule has 17 heavy (non-hydrogen) atoms. The van der Waals surface area contributed by atoms with Crippen molar-refractivity contribution in [1.29, 1.82) is 0 Å². The highest BCUT2D eigenvalue weighted by Gasteiger charge is 2.54. The van der Waals surface area contributed by atoms with Crippen molar-refractivity contribution in [3.05, 3.63) is 23.3 Å². The fourth-order valence-electron chi connectivity index (χ4n) is 2.14. The zero-order valence-electron chi connectivity index (χ0n) is 8.88. The normalized spacial score (nSPS) is 24.5. The third-order valence-corrected chi connectivity index (χ3v) is 3.23. The number of alkyl halides is 3. The summed E-state index contributed by atoms with van der Waals surface area (Å²) in [5.74, 6) is -0.138. The Hall–Kier alpha value is -1.43. The van der Waals surface area contributed by atoms with E-state index in [1.165, 1.54) is 12.1 Å². The number of benzene rings is 1. The number of aliphatic hydroxyl groups is 1. The van der Waals surface area contributed by atoms with Gasteiger partial charge in [0.2, 0.25) is 0 Å². The van der Waals surface area contributed by atoms with E-state index < -0.39 is 24.6 Å². The topological polar surface area (TPSA) is 66.5 Å². The third kappa shape index (κ3) is 1.82. The average molecular weight is 247 g/mol. The number of hydrogen-bond acceptors (Lipinski definition) is 3. The van der Waals surface area contributed by atoms with Crippen LogP contribution >= 0.6 is 0 Å². The Morgan fingerprint density at radius 2 is 1.94 bits per heavy atom. The highest BCUT2D eigenvalue weighted by Crippen LogP contribution is 2.43. The highest BCUT2D eigenvalue weighted by molar-refractivity contribution is 5.61. The standard InChI is InChI=1S/C11H12F3NO2/c12-11(13,14)10(17)4-3-7-6(5-10)1-2-8(16)9(7)15/h1-2,16-17H,3-5,15H2. The van der Waals surface area contributed by atoms with Gasteiger partial charge in [-0.05, 0) is 30.0 Å². The van der Waals surface area contributed by atoms with Gasteiger partial charge in [-0.1, -0.05) is 6.07 Å². The van der Waals surface area contributed by atoms with Gasteiger partial charge in [0.15, 0.2) is 5.60 Å². The zero-order chi connectivity index (χ0) is 12.8. The van der Waals surface area contributed by atoms with Crippen molar-refractivity contribution in [2.45, 2.75) is 31.0 Å². The van der Waals surface area contributed by atoms with Crippen molar-refractivity contribution in [3.8, 4) is 5.75 Å². The number of fused-ring (bicyclic) bond motifs is 1. The predicted octanol–water partition coefficient (Wildman–Crippen LogP) is 1.76. The van der Waals surface area contributed by atoms with Crippen LogP contribution in [-0.2, 0) is 12.8 Å². The van der Waals surface area contributed by atoms with Crippen molar-refractivity contribution >= 4 is 5.69 Å². The molecule has 1 atom stereocenters. The maximum atomic E-state index is 12.7. The molecule has 6 heteroatoms. The summed E-state index contributed by atoms with van der Waals surface area (Å²) in [5, 5.41) is 18.9. The van der Waals surface area contributed by atoms with Crippen molar-refractivity contribution in [1.82, 2.24) is 0 Å². The molecule has 0 aliphatic heterocycles. The first-order valence-electron chi connectivity index (χ1n) is 5.13. The summed E-state index contributed by atoms with van der Waals surface area (Å²) in [4.78, 5) is 0. The van der Waals surface area contributed by atoms with Crippen LogP contribution in [0.2, 0.25) is 0 Å². The van der Waals surface area contributed by atoms with Crippen LogP contribution < -0.4 is 5.73 Å². The molecule has 2 rings (SSSR count). The fourth-order valence-corrected chi connectivity index (χ4v) is 2.14. The summed E-state index contributed by atoms with van der Waals surface area (Å²) in [5.41, 5.74) is 3.84. The van der Waals surface area contributed by atoms with Crippen molar-refractivity contribution in [2.75, 3.05) is 5.73 Å². The van der Waals surface area contributed by atoms with Gasteiger partial charge >= 0.3 is 6.18 Å². The maximum absolute atomic E-state index is 12.7. The summed E-state index contributed by atoms with van der Waals surface area (Å²) in [6, 6.07) is 2.62. The molecule has 0 saturated carbocycles. The van der Waals surface area contributed by atoms with Crippen LogP contribution in [0, 0.1) is 0 Å². The van der Waals surface area contributed by atoms with Crippen LogP contribution in [0.15, 0.2) is 12.1 Å². The maximum Gasteiger partial charge on any atom is 0.417 e. The molecular weight excluding hydrogens is 235 g/mol. The number of phenols is 1.